The highest BCUT2D eigenvalue weighted by molar-refractivity contribution is 7.13. The fraction of sp³-hybridized carbons (Fsp3) is 0. The largest absolute Gasteiger partial charge is 0.465 e. The average molecular weight is 238 g/mol. The van der Waals surface area contributed by atoms with Crippen molar-refractivity contribution in [2.45, 2.75) is 0 Å². The number of nitrogens with zero attached hydrogens (tertiary/aromatic N) is 1. The van der Waals surface area contributed by atoms with E-state index in [1.807, 2.05) is 0 Å². The van der Waals surface area contributed by atoms with Crippen molar-refractivity contribution < 1.29 is 14.3 Å². The van der Waals surface area contributed by atoms with Crippen molar-refractivity contribution >= 4 is 23.1 Å². The molecule has 0 saturated heterocycles. The van der Waals surface area contributed by atoms with Crippen LogP contribution in [0.1, 0.15) is 0 Å². The lowest BCUT2D eigenvalue weighted by atomic mass is 10.1. The lowest BCUT2D eigenvalue weighted by molar-refractivity contribution is 0.210. The first-order chi connectivity index (χ1) is 7.66. The number of aromatic nitrogens is 1. The molecule has 0 saturated carbocycles. The minimum Gasteiger partial charge on any atom is -0.465 e. The van der Waals surface area contributed by atoms with Gasteiger partial charge in [-0.1, -0.05) is 0 Å². The molecule has 0 aliphatic rings. The molecular formula is C10H7FN2O2S. The maximum atomic E-state index is 13.1. The highest BCUT2D eigenvalue weighted by Gasteiger charge is 2.10. The molecular weight excluding hydrogens is 231 g/mol. The van der Waals surface area contributed by atoms with Gasteiger partial charge in [-0.25, -0.2) is 9.18 Å². The van der Waals surface area contributed by atoms with Crippen LogP contribution in [0.4, 0.5) is 14.9 Å². The number of carboxylic acid groups (broad SMARTS) is 1. The van der Waals surface area contributed by atoms with Crippen LogP contribution in [-0.2, 0) is 0 Å². The Labute approximate surface area is 94.4 Å². The number of carbonyl (C=O) groups is 1. The fourth-order valence-electron chi connectivity index (χ4n) is 1.29. The zero-order chi connectivity index (χ0) is 11.5. The summed E-state index contributed by atoms with van der Waals surface area (Å²) in [6, 6.07) is 3.87. The van der Waals surface area contributed by atoms with Gasteiger partial charge in [-0.2, -0.15) is 0 Å². The van der Waals surface area contributed by atoms with Crippen molar-refractivity contribution in [3.63, 3.8) is 0 Å². The summed E-state index contributed by atoms with van der Waals surface area (Å²) in [5, 5.41) is 10.9. The molecule has 1 aromatic carbocycles. The number of thiazole rings is 1. The molecule has 0 fully saturated rings. The maximum Gasteiger partial charge on any atom is 0.409 e. The van der Waals surface area contributed by atoms with Crippen LogP contribution in [0, 0.1) is 5.82 Å². The van der Waals surface area contributed by atoms with Crippen molar-refractivity contribution in [1.82, 2.24) is 4.98 Å². The summed E-state index contributed by atoms with van der Waals surface area (Å²) < 4.78 is 13.1. The van der Waals surface area contributed by atoms with Gasteiger partial charge >= 0.3 is 6.09 Å². The molecule has 2 aromatic rings. The normalized spacial score (nSPS) is 10.1. The summed E-state index contributed by atoms with van der Waals surface area (Å²) >= 11 is 1.32. The van der Waals surface area contributed by atoms with Gasteiger partial charge in [0, 0.05) is 11.8 Å². The van der Waals surface area contributed by atoms with Gasteiger partial charge in [0.05, 0.1) is 16.1 Å². The molecule has 0 unspecified atom stereocenters. The van der Waals surface area contributed by atoms with Gasteiger partial charge in [0.2, 0.25) is 0 Å². The van der Waals surface area contributed by atoms with E-state index in [1.54, 1.807) is 11.7 Å². The summed E-state index contributed by atoms with van der Waals surface area (Å²) in [7, 11) is 0. The van der Waals surface area contributed by atoms with Crippen LogP contribution < -0.4 is 5.32 Å². The Balaban J connectivity index is 2.48. The van der Waals surface area contributed by atoms with Crippen molar-refractivity contribution in [2.24, 2.45) is 0 Å². The number of benzene rings is 1. The monoisotopic (exact) mass is 238 g/mol. The zero-order valence-electron chi connectivity index (χ0n) is 7.98. The number of amides is 1. The first kappa shape index (κ1) is 10.6. The minimum absolute atomic E-state index is 0.346. The smallest absolute Gasteiger partial charge is 0.409 e. The number of rotatable bonds is 2. The molecule has 82 valence electrons. The Hall–Kier alpha value is -1.95. The molecule has 1 aromatic heterocycles. The van der Waals surface area contributed by atoms with E-state index in [4.69, 9.17) is 5.11 Å². The third-order valence-corrected chi connectivity index (χ3v) is 2.73. The molecule has 0 atom stereocenters. The second kappa shape index (κ2) is 4.28. The van der Waals surface area contributed by atoms with E-state index in [0.717, 1.165) is 0 Å². The predicted octanol–water partition coefficient (Wildman–Crippen LogP) is 3.04. The molecule has 1 amide bonds. The number of nitrogens with one attached hydrogen (secondary N) is 1. The highest BCUT2D eigenvalue weighted by Crippen LogP contribution is 2.31. The Kier molecular flexibility index (Phi) is 2.82. The van der Waals surface area contributed by atoms with Gasteiger partial charge in [0.15, 0.2) is 0 Å². The molecule has 4 nitrogen and oxygen atoms in total. The highest BCUT2D eigenvalue weighted by atomic mass is 32.1. The van der Waals surface area contributed by atoms with Gasteiger partial charge in [-0.05, 0) is 18.2 Å². The Morgan fingerprint density at radius 1 is 1.50 bits per heavy atom. The third-order valence-electron chi connectivity index (χ3n) is 1.92. The number of anilines is 1. The SMILES string of the molecule is O=C(O)Nc1ccc(F)cc1-c1cncs1. The fourth-order valence-corrected chi connectivity index (χ4v) is 1.95. The molecule has 0 spiro atoms. The molecule has 6 heteroatoms. The Morgan fingerprint density at radius 2 is 2.31 bits per heavy atom. The van der Waals surface area contributed by atoms with E-state index in [1.165, 1.54) is 29.5 Å². The zero-order valence-corrected chi connectivity index (χ0v) is 8.79. The molecule has 0 aliphatic carbocycles. The third kappa shape index (κ3) is 2.17. The summed E-state index contributed by atoms with van der Waals surface area (Å²) in [6.45, 7) is 0. The van der Waals surface area contributed by atoms with E-state index in [-0.39, 0.29) is 0 Å². The number of halogens is 1. The van der Waals surface area contributed by atoms with Crippen LogP contribution in [0.5, 0.6) is 0 Å². The average Bonchev–Trinajstić information content (AvgIpc) is 2.73. The minimum atomic E-state index is -1.18. The van der Waals surface area contributed by atoms with Crippen LogP contribution in [0.2, 0.25) is 0 Å². The van der Waals surface area contributed by atoms with Gasteiger partial charge in [-0.15, -0.1) is 11.3 Å². The first-order valence-electron chi connectivity index (χ1n) is 4.35. The van der Waals surface area contributed by atoms with Crippen LogP contribution in [-0.4, -0.2) is 16.2 Å². The first-order valence-corrected chi connectivity index (χ1v) is 5.23. The van der Waals surface area contributed by atoms with Crippen LogP contribution in [0.3, 0.4) is 0 Å². The lowest BCUT2D eigenvalue weighted by Gasteiger charge is -2.06. The van der Waals surface area contributed by atoms with Crippen molar-refractivity contribution in [3.8, 4) is 10.4 Å². The molecule has 1 heterocycles. The second-order valence-electron chi connectivity index (χ2n) is 2.99. The second-order valence-corrected chi connectivity index (χ2v) is 3.87. The van der Waals surface area contributed by atoms with Crippen LogP contribution in [0.15, 0.2) is 29.9 Å². The van der Waals surface area contributed by atoms with Crippen molar-refractivity contribution in [3.05, 3.63) is 35.7 Å². The number of hydrogen-bond acceptors (Lipinski definition) is 3. The topological polar surface area (TPSA) is 62.2 Å². The molecule has 2 rings (SSSR count). The van der Waals surface area contributed by atoms with E-state index < -0.39 is 11.9 Å². The van der Waals surface area contributed by atoms with Crippen LogP contribution in [0.25, 0.3) is 10.4 Å². The standard InChI is InChI=1S/C10H7FN2O2S/c11-6-1-2-8(13-10(14)15)7(3-6)9-4-12-5-16-9/h1-5,13H,(H,14,15). The molecule has 0 bridgehead atoms. The van der Waals surface area contributed by atoms with Gasteiger partial charge in [0.25, 0.3) is 0 Å². The van der Waals surface area contributed by atoms with E-state index in [0.29, 0.717) is 16.1 Å². The van der Waals surface area contributed by atoms with Crippen LogP contribution >= 0.6 is 11.3 Å². The van der Waals surface area contributed by atoms with E-state index in [2.05, 4.69) is 10.3 Å². The summed E-state index contributed by atoms with van der Waals surface area (Å²) in [6.07, 6.45) is 0.379. The lowest BCUT2D eigenvalue weighted by Crippen LogP contribution is -2.08. The molecule has 2 N–H and O–H groups in total. The molecule has 16 heavy (non-hydrogen) atoms. The summed E-state index contributed by atoms with van der Waals surface area (Å²) in [4.78, 5) is 15.1. The Bertz CT molecular complexity index is 514. The predicted molar refractivity (Wildman–Crippen MR) is 59.2 cm³/mol. The van der Waals surface area contributed by atoms with Crippen molar-refractivity contribution in [2.75, 3.05) is 5.32 Å². The summed E-state index contributed by atoms with van der Waals surface area (Å²) in [5.41, 5.74) is 2.44. The van der Waals surface area contributed by atoms with Crippen molar-refractivity contribution in [1.29, 1.82) is 0 Å². The Morgan fingerprint density at radius 3 is 2.94 bits per heavy atom. The molecule has 0 aliphatic heterocycles. The van der Waals surface area contributed by atoms with Gasteiger partial charge < -0.3 is 5.11 Å². The molecule has 0 radical (unpaired) electrons. The number of hydrogen-bond donors (Lipinski definition) is 2. The summed E-state index contributed by atoms with van der Waals surface area (Å²) in [5.74, 6) is -0.417. The maximum absolute atomic E-state index is 13.1. The van der Waals surface area contributed by atoms with E-state index in [9.17, 15) is 9.18 Å². The van der Waals surface area contributed by atoms with E-state index >= 15 is 0 Å². The van der Waals surface area contributed by atoms with Gasteiger partial charge in [0.1, 0.15) is 5.82 Å². The quantitative estimate of drug-likeness (QED) is 0.845. The van der Waals surface area contributed by atoms with Gasteiger partial charge in [-0.3, -0.25) is 10.3 Å².